The predicted octanol–water partition coefficient (Wildman–Crippen LogP) is 2.91. The summed E-state index contributed by atoms with van der Waals surface area (Å²) in [4.78, 5) is 13.1. The second-order valence-electron chi connectivity index (χ2n) is 5.10. The van der Waals surface area contributed by atoms with Crippen LogP contribution in [0.2, 0.25) is 0 Å². The van der Waals surface area contributed by atoms with Crippen LogP contribution >= 0.6 is 11.3 Å². The Bertz CT molecular complexity index is 366. The van der Waals surface area contributed by atoms with Gasteiger partial charge in [0.25, 0.3) is 0 Å². The molecule has 4 nitrogen and oxygen atoms in total. The van der Waals surface area contributed by atoms with E-state index >= 15 is 0 Å². The monoisotopic (exact) mass is 284 g/mol. The van der Waals surface area contributed by atoms with Gasteiger partial charge < -0.3 is 15.7 Å². The van der Waals surface area contributed by atoms with Crippen LogP contribution in [0.25, 0.3) is 0 Å². The van der Waals surface area contributed by atoms with Gasteiger partial charge in [0, 0.05) is 4.88 Å². The van der Waals surface area contributed by atoms with Crippen LogP contribution in [0.5, 0.6) is 0 Å². The molecule has 19 heavy (non-hydrogen) atoms. The number of hydrogen-bond acceptors (Lipinski definition) is 3. The van der Waals surface area contributed by atoms with Crippen molar-refractivity contribution in [2.75, 3.05) is 6.61 Å². The maximum atomic E-state index is 11.9. The van der Waals surface area contributed by atoms with E-state index in [4.69, 9.17) is 0 Å². The third kappa shape index (κ3) is 5.61. The minimum atomic E-state index is -0.208. The summed E-state index contributed by atoms with van der Waals surface area (Å²) in [6.07, 6.45) is 1.63. The first-order valence-electron chi connectivity index (χ1n) is 6.78. The molecule has 0 aromatic carbocycles. The number of aliphatic hydroxyl groups excluding tert-OH is 1. The van der Waals surface area contributed by atoms with Gasteiger partial charge in [-0.3, -0.25) is 0 Å². The minimum absolute atomic E-state index is 0.0264. The van der Waals surface area contributed by atoms with Gasteiger partial charge >= 0.3 is 6.03 Å². The maximum Gasteiger partial charge on any atom is 0.315 e. The zero-order valence-electron chi connectivity index (χ0n) is 11.8. The highest BCUT2D eigenvalue weighted by molar-refractivity contribution is 7.10. The van der Waals surface area contributed by atoms with Crippen molar-refractivity contribution >= 4 is 17.4 Å². The lowest BCUT2D eigenvalue weighted by Crippen LogP contribution is -2.45. The third-order valence-corrected chi connectivity index (χ3v) is 3.90. The molecule has 0 bridgehead atoms. The molecule has 0 radical (unpaired) electrons. The highest BCUT2D eigenvalue weighted by atomic mass is 32.1. The van der Waals surface area contributed by atoms with Gasteiger partial charge in [0.1, 0.15) is 0 Å². The molecule has 1 rings (SSSR count). The first-order valence-corrected chi connectivity index (χ1v) is 7.66. The van der Waals surface area contributed by atoms with Crippen molar-refractivity contribution in [2.24, 2.45) is 5.92 Å². The van der Waals surface area contributed by atoms with Crippen LogP contribution in [-0.4, -0.2) is 23.8 Å². The summed E-state index contributed by atoms with van der Waals surface area (Å²) in [7, 11) is 0. The molecule has 1 heterocycles. The Hall–Kier alpha value is -1.07. The molecule has 0 spiro atoms. The van der Waals surface area contributed by atoms with Gasteiger partial charge in [0.05, 0.1) is 18.7 Å². The van der Waals surface area contributed by atoms with E-state index in [1.165, 1.54) is 0 Å². The standard InChI is InChI=1S/C14H24N2O2S/c1-4-12(13-6-5-7-19-13)16-14(18)15-11(9-17)8-10(2)3/h5-7,10-12,17H,4,8-9H2,1-3H3,(H2,15,16,18)/t11-,12+/m0/s1. The molecule has 5 heteroatoms. The number of aliphatic hydroxyl groups is 1. The lowest BCUT2D eigenvalue weighted by Gasteiger charge is -2.21. The number of rotatable bonds is 7. The fourth-order valence-corrected chi connectivity index (χ4v) is 2.86. The number of amides is 2. The Kier molecular flexibility index (Phi) is 6.87. The largest absolute Gasteiger partial charge is 0.394 e. The van der Waals surface area contributed by atoms with Crippen LogP contribution in [0.4, 0.5) is 4.79 Å². The van der Waals surface area contributed by atoms with Crippen LogP contribution in [0.3, 0.4) is 0 Å². The molecule has 108 valence electrons. The fraction of sp³-hybridized carbons (Fsp3) is 0.643. The van der Waals surface area contributed by atoms with E-state index in [1.807, 2.05) is 24.4 Å². The smallest absolute Gasteiger partial charge is 0.315 e. The second-order valence-corrected chi connectivity index (χ2v) is 6.08. The van der Waals surface area contributed by atoms with Crippen molar-refractivity contribution in [3.63, 3.8) is 0 Å². The number of urea groups is 1. The van der Waals surface area contributed by atoms with Crippen molar-refractivity contribution in [3.8, 4) is 0 Å². The Morgan fingerprint density at radius 1 is 1.42 bits per heavy atom. The molecule has 0 aliphatic rings. The van der Waals surface area contributed by atoms with E-state index in [-0.39, 0.29) is 24.7 Å². The zero-order chi connectivity index (χ0) is 14.3. The van der Waals surface area contributed by atoms with Crippen LogP contribution in [0.1, 0.15) is 44.5 Å². The number of hydrogen-bond donors (Lipinski definition) is 3. The molecule has 1 aromatic rings. The van der Waals surface area contributed by atoms with Crippen molar-refractivity contribution < 1.29 is 9.90 Å². The summed E-state index contributed by atoms with van der Waals surface area (Å²) in [5.74, 6) is 0.441. The Morgan fingerprint density at radius 3 is 2.63 bits per heavy atom. The van der Waals surface area contributed by atoms with Crippen LogP contribution in [-0.2, 0) is 0 Å². The van der Waals surface area contributed by atoms with Crippen LogP contribution in [0.15, 0.2) is 17.5 Å². The number of carbonyl (C=O) groups is 1. The molecule has 0 saturated carbocycles. The third-order valence-electron chi connectivity index (χ3n) is 2.91. The lowest BCUT2D eigenvalue weighted by molar-refractivity contribution is 0.204. The first-order chi connectivity index (χ1) is 9.06. The van der Waals surface area contributed by atoms with Crippen LogP contribution < -0.4 is 10.6 Å². The van der Waals surface area contributed by atoms with E-state index in [9.17, 15) is 9.90 Å². The topological polar surface area (TPSA) is 61.4 Å². The summed E-state index contributed by atoms with van der Waals surface area (Å²) in [6.45, 7) is 6.16. The Balaban J connectivity index is 2.48. The van der Waals surface area contributed by atoms with Crippen molar-refractivity contribution in [1.29, 1.82) is 0 Å². The summed E-state index contributed by atoms with van der Waals surface area (Å²) < 4.78 is 0. The molecular weight excluding hydrogens is 260 g/mol. The van der Waals surface area contributed by atoms with Gasteiger partial charge in [-0.25, -0.2) is 4.79 Å². The van der Waals surface area contributed by atoms with Gasteiger partial charge in [-0.05, 0) is 30.2 Å². The summed E-state index contributed by atoms with van der Waals surface area (Å²) in [5.41, 5.74) is 0. The molecule has 0 aliphatic heterocycles. The predicted molar refractivity (Wildman–Crippen MR) is 79.3 cm³/mol. The van der Waals surface area contributed by atoms with Gasteiger partial charge in [-0.15, -0.1) is 11.3 Å². The normalized spacial score (nSPS) is 14.2. The van der Waals surface area contributed by atoms with Gasteiger partial charge in [0.15, 0.2) is 0 Å². The number of thiophene rings is 1. The van der Waals surface area contributed by atoms with Crippen molar-refractivity contribution in [1.82, 2.24) is 10.6 Å². The van der Waals surface area contributed by atoms with Crippen LogP contribution in [0, 0.1) is 5.92 Å². The first kappa shape index (κ1) is 16.0. The SMILES string of the molecule is CC[C@@H](NC(=O)N[C@H](CO)CC(C)C)c1cccs1. The van der Waals surface area contributed by atoms with Crippen molar-refractivity contribution in [2.45, 2.75) is 45.7 Å². The molecule has 0 fully saturated rings. The molecular formula is C14H24N2O2S. The zero-order valence-corrected chi connectivity index (χ0v) is 12.7. The summed E-state index contributed by atoms with van der Waals surface area (Å²) >= 11 is 1.64. The maximum absolute atomic E-state index is 11.9. The van der Waals surface area contributed by atoms with Crippen molar-refractivity contribution in [3.05, 3.63) is 22.4 Å². The van der Waals surface area contributed by atoms with Gasteiger partial charge in [-0.1, -0.05) is 26.8 Å². The number of nitrogens with one attached hydrogen (secondary N) is 2. The molecule has 3 N–H and O–H groups in total. The lowest BCUT2D eigenvalue weighted by atomic mass is 10.0. The van der Waals surface area contributed by atoms with E-state index in [0.717, 1.165) is 17.7 Å². The highest BCUT2D eigenvalue weighted by Crippen LogP contribution is 2.21. The van der Waals surface area contributed by atoms with E-state index in [2.05, 4.69) is 24.5 Å². The van der Waals surface area contributed by atoms with Gasteiger partial charge in [0.2, 0.25) is 0 Å². The Morgan fingerprint density at radius 2 is 2.16 bits per heavy atom. The van der Waals surface area contributed by atoms with Gasteiger partial charge in [-0.2, -0.15) is 0 Å². The molecule has 0 aliphatic carbocycles. The average molecular weight is 284 g/mol. The highest BCUT2D eigenvalue weighted by Gasteiger charge is 2.17. The minimum Gasteiger partial charge on any atom is -0.394 e. The summed E-state index contributed by atoms with van der Waals surface area (Å²) in [6, 6.07) is 3.66. The molecule has 0 unspecified atom stereocenters. The molecule has 0 saturated heterocycles. The van der Waals surface area contributed by atoms with E-state index in [0.29, 0.717) is 5.92 Å². The molecule has 2 amide bonds. The van der Waals surface area contributed by atoms with E-state index < -0.39 is 0 Å². The average Bonchev–Trinajstić information content (AvgIpc) is 2.88. The number of carbonyl (C=O) groups excluding carboxylic acids is 1. The fourth-order valence-electron chi connectivity index (χ4n) is 2.00. The second kappa shape index (κ2) is 8.17. The Labute approximate surface area is 119 Å². The molecule has 1 aromatic heterocycles. The van der Waals surface area contributed by atoms with E-state index in [1.54, 1.807) is 11.3 Å². The molecule has 2 atom stereocenters. The summed E-state index contributed by atoms with van der Waals surface area (Å²) in [5, 5.41) is 17.1. The quantitative estimate of drug-likeness (QED) is 0.721.